The number of hydrogen-bond donors (Lipinski definition) is 1. The van der Waals surface area contributed by atoms with Crippen LogP contribution in [0.25, 0.3) is 0 Å². The Bertz CT molecular complexity index is 1010. The van der Waals surface area contributed by atoms with Crippen LogP contribution in [0, 0.1) is 0 Å². The summed E-state index contributed by atoms with van der Waals surface area (Å²) in [5, 5.41) is 0. The molecule has 0 aromatic heterocycles. The highest BCUT2D eigenvalue weighted by Crippen LogP contribution is 2.18. The fraction of sp³-hybridized carbons (Fsp3) is 0.379. The Balaban J connectivity index is 3.31. The number of hydrogen-bond acceptors (Lipinski definition) is 6. The van der Waals surface area contributed by atoms with Gasteiger partial charge in [-0.05, 0) is 50.8 Å². The van der Waals surface area contributed by atoms with Gasteiger partial charge in [-0.3, -0.25) is 25.0 Å². The van der Waals surface area contributed by atoms with Gasteiger partial charge < -0.3 is 4.79 Å². The van der Waals surface area contributed by atoms with Crippen LogP contribution in [0.2, 0.25) is 0 Å². The van der Waals surface area contributed by atoms with Gasteiger partial charge in [-0.2, -0.15) is 0 Å². The largest absolute Gasteiger partial charge is 0.303 e. The monoisotopic (exact) mass is 528 g/mol. The van der Waals surface area contributed by atoms with Gasteiger partial charge in [0.25, 0.3) is 0 Å². The zero-order chi connectivity index (χ0) is 28.2. The van der Waals surface area contributed by atoms with E-state index in [1.165, 1.54) is 17.1 Å². The minimum absolute atomic E-state index is 0.243. The Morgan fingerprint density at radius 1 is 1.34 bits per heavy atom. The summed E-state index contributed by atoms with van der Waals surface area (Å²) in [5.41, 5.74) is 4.30. The van der Waals surface area contributed by atoms with E-state index >= 15 is 0 Å². The number of amidine groups is 2. The molecule has 1 rings (SSSR count). The summed E-state index contributed by atoms with van der Waals surface area (Å²) in [7, 11) is 0. The van der Waals surface area contributed by atoms with Crippen LogP contribution in [0.15, 0.2) is 95.2 Å². The van der Waals surface area contributed by atoms with E-state index in [1.54, 1.807) is 18.2 Å². The average molecular weight is 529 g/mol. The summed E-state index contributed by atoms with van der Waals surface area (Å²) >= 11 is 0. The highest BCUT2D eigenvalue weighted by molar-refractivity contribution is 5.92. The maximum absolute atomic E-state index is 13.2. The number of aliphatic imine (C=N–C) groups is 2. The summed E-state index contributed by atoms with van der Waals surface area (Å²) in [6.45, 7) is 11.2. The molecule has 2 unspecified atom stereocenters. The lowest BCUT2D eigenvalue weighted by molar-refractivity contribution is -0.115. The molecular formula is C29H38F2N4O3. The van der Waals surface area contributed by atoms with Gasteiger partial charge in [-0.15, -0.1) is 6.58 Å². The van der Waals surface area contributed by atoms with Gasteiger partial charge >= 0.3 is 0 Å². The Morgan fingerprint density at radius 3 is 2.76 bits per heavy atom. The van der Waals surface area contributed by atoms with Crippen LogP contribution in [0.4, 0.5) is 8.78 Å². The topological polar surface area (TPSA) is 83.4 Å². The number of amides is 1. The second-order valence-corrected chi connectivity index (χ2v) is 8.32. The Hall–Kier alpha value is -3.72. The van der Waals surface area contributed by atoms with E-state index in [9.17, 15) is 18.4 Å². The number of carbonyl (C=O) groups excluding carboxylic acids is 2. The Morgan fingerprint density at radius 2 is 2.13 bits per heavy atom. The maximum atomic E-state index is 13.2. The van der Waals surface area contributed by atoms with Crippen LogP contribution < -0.4 is 5.48 Å². The molecule has 1 heterocycles. The SMILES string of the molecule is C=C/C(F)=C\C=C\C1CONC(C/C=C(N=C(CCCCC=O)N(C=O)C(C=C)C/C=C/F)\C(C)=C/C)=N1. The number of halogens is 2. The fourth-order valence-electron chi connectivity index (χ4n) is 3.38. The quantitative estimate of drug-likeness (QED) is 0.0611. The number of allylic oxidation sites excluding steroid dienone is 6. The molecule has 0 aromatic rings. The molecule has 0 saturated carbocycles. The average Bonchev–Trinajstić information content (AvgIpc) is 2.94. The predicted octanol–water partition coefficient (Wildman–Crippen LogP) is 6.17. The van der Waals surface area contributed by atoms with Crippen molar-refractivity contribution in [3.05, 3.63) is 85.2 Å². The lowest BCUT2D eigenvalue weighted by Crippen LogP contribution is -2.38. The first-order chi connectivity index (χ1) is 18.4. The number of aldehydes is 1. The highest BCUT2D eigenvalue weighted by Gasteiger charge is 2.19. The first-order valence-corrected chi connectivity index (χ1v) is 12.5. The molecule has 0 aromatic carbocycles. The van der Waals surface area contributed by atoms with E-state index in [-0.39, 0.29) is 12.5 Å². The normalized spacial score (nSPS) is 18.2. The van der Waals surface area contributed by atoms with Gasteiger partial charge in [-0.1, -0.05) is 43.0 Å². The summed E-state index contributed by atoms with van der Waals surface area (Å²) < 4.78 is 25.9. The van der Waals surface area contributed by atoms with Gasteiger partial charge in [0.05, 0.1) is 24.1 Å². The van der Waals surface area contributed by atoms with Crippen LogP contribution in [0.3, 0.4) is 0 Å². The molecule has 38 heavy (non-hydrogen) atoms. The molecule has 9 heteroatoms. The maximum Gasteiger partial charge on any atom is 0.215 e. The van der Waals surface area contributed by atoms with E-state index in [2.05, 4.69) is 23.6 Å². The van der Waals surface area contributed by atoms with Gasteiger partial charge in [0.2, 0.25) is 6.41 Å². The molecule has 0 radical (unpaired) electrons. The fourth-order valence-corrected chi connectivity index (χ4v) is 3.38. The number of hydroxylamine groups is 1. The zero-order valence-corrected chi connectivity index (χ0v) is 22.2. The minimum Gasteiger partial charge on any atom is -0.303 e. The number of carbonyl (C=O) groups is 2. The van der Waals surface area contributed by atoms with E-state index in [1.807, 2.05) is 26.0 Å². The first kappa shape index (κ1) is 32.3. The van der Waals surface area contributed by atoms with Crippen molar-refractivity contribution in [2.24, 2.45) is 9.98 Å². The summed E-state index contributed by atoms with van der Waals surface area (Å²) in [4.78, 5) is 39.1. The van der Waals surface area contributed by atoms with Crippen LogP contribution >= 0.6 is 0 Å². The van der Waals surface area contributed by atoms with E-state index in [4.69, 9.17) is 9.83 Å². The molecule has 0 spiro atoms. The van der Waals surface area contributed by atoms with Crippen molar-refractivity contribution in [1.82, 2.24) is 10.4 Å². The van der Waals surface area contributed by atoms with Crippen molar-refractivity contribution in [3.8, 4) is 0 Å². The molecule has 0 aliphatic carbocycles. The van der Waals surface area contributed by atoms with Crippen molar-refractivity contribution in [1.29, 1.82) is 0 Å². The van der Waals surface area contributed by atoms with Crippen molar-refractivity contribution in [2.45, 2.75) is 64.5 Å². The molecular weight excluding hydrogens is 490 g/mol. The second-order valence-electron chi connectivity index (χ2n) is 8.32. The van der Waals surface area contributed by atoms with Crippen molar-refractivity contribution < 1.29 is 23.2 Å². The number of unbranched alkanes of at least 4 members (excludes halogenated alkanes) is 2. The highest BCUT2D eigenvalue weighted by atomic mass is 19.1. The van der Waals surface area contributed by atoms with E-state index in [0.717, 1.165) is 17.9 Å². The van der Waals surface area contributed by atoms with Gasteiger partial charge in [0, 0.05) is 19.3 Å². The zero-order valence-electron chi connectivity index (χ0n) is 22.2. The molecule has 206 valence electrons. The molecule has 1 aliphatic heterocycles. The van der Waals surface area contributed by atoms with Gasteiger partial charge in [0.15, 0.2) is 0 Å². The molecule has 1 aliphatic rings. The summed E-state index contributed by atoms with van der Waals surface area (Å²) in [5.74, 6) is 0.605. The number of nitrogens with one attached hydrogen (secondary N) is 1. The molecule has 0 fully saturated rings. The van der Waals surface area contributed by atoms with Crippen molar-refractivity contribution in [2.75, 3.05) is 6.61 Å². The van der Waals surface area contributed by atoms with Gasteiger partial charge in [0.1, 0.15) is 30.4 Å². The van der Waals surface area contributed by atoms with Crippen LogP contribution in [0.1, 0.15) is 52.4 Å². The summed E-state index contributed by atoms with van der Waals surface area (Å²) in [6.07, 6.45) is 17.1. The lowest BCUT2D eigenvalue weighted by Gasteiger charge is -2.27. The van der Waals surface area contributed by atoms with Gasteiger partial charge in [-0.25, -0.2) is 13.8 Å². The smallest absolute Gasteiger partial charge is 0.215 e. The third kappa shape index (κ3) is 12.0. The third-order valence-electron chi connectivity index (χ3n) is 5.60. The number of nitrogens with zero attached hydrogens (tertiary/aromatic N) is 3. The Labute approximate surface area is 224 Å². The van der Waals surface area contributed by atoms with E-state index in [0.29, 0.717) is 68.8 Å². The van der Waals surface area contributed by atoms with Crippen molar-refractivity contribution >= 4 is 24.4 Å². The van der Waals surface area contributed by atoms with E-state index < -0.39 is 11.9 Å². The Kier molecular flexibility index (Phi) is 16.5. The second kappa shape index (κ2) is 19.4. The lowest BCUT2D eigenvalue weighted by atomic mass is 10.1. The van der Waals surface area contributed by atoms with Crippen molar-refractivity contribution in [3.63, 3.8) is 0 Å². The molecule has 7 nitrogen and oxygen atoms in total. The van der Waals surface area contributed by atoms with Crippen LogP contribution in [-0.2, 0) is 14.4 Å². The van der Waals surface area contributed by atoms with Crippen LogP contribution in [0.5, 0.6) is 0 Å². The predicted molar refractivity (Wildman–Crippen MR) is 150 cm³/mol. The first-order valence-electron chi connectivity index (χ1n) is 12.5. The molecule has 2 atom stereocenters. The van der Waals surface area contributed by atoms with Crippen LogP contribution in [-0.4, -0.2) is 48.0 Å². The number of rotatable bonds is 17. The molecule has 0 bridgehead atoms. The standard InChI is InChI=1S/C29H38F2N4O3/c1-5-23(4)27(17-18-28-32-25(21-38-34-28)14-11-13-24(31)6-2)33-29(16-9-8-10-20-36)35(22-37)26(7-3)15-12-19-30/h5-7,11-14,17,19-20,22,25-26H,2-3,8-10,15-16,18,21H2,1,4H3,(H,32,34)/b14-11+,19-12+,23-5-,24-13+,27-17+,33-29?. The third-order valence-corrected chi connectivity index (χ3v) is 5.60. The summed E-state index contributed by atoms with van der Waals surface area (Å²) in [6, 6.07) is -0.777. The molecule has 1 N–H and O–H groups in total. The molecule has 1 amide bonds. The molecule has 0 saturated heterocycles. The minimum atomic E-state index is -0.484.